The van der Waals surface area contributed by atoms with E-state index in [9.17, 15) is 0 Å². The van der Waals surface area contributed by atoms with Crippen molar-refractivity contribution < 1.29 is 110 Å². The van der Waals surface area contributed by atoms with Gasteiger partial charge in [0.1, 0.15) is 0 Å². The summed E-state index contributed by atoms with van der Waals surface area (Å²) in [5.74, 6) is 0. The van der Waals surface area contributed by atoms with Crippen LogP contribution in [-0.4, -0.2) is 58.2 Å². The average Bonchev–Trinajstić information content (AvgIpc) is 2.24. The van der Waals surface area contributed by atoms with Crippen molar-refractivity contribution in [2.75, 3.05) is 0 Å². The second-order valence-electron chi connectivity index (χ2n) is 2.15. The van der Waals surface area contributed by atoms with Gasteiger partial charge in [-0.05, 0) is 0 Å². The molecule has 0 N–H and O–H groups in total. The van der Waals surface area contributed by atoms with Crippen LogP contribution in [0.2, 0.25) is 0 Å². The molecular formula is C12H10RaRbY2-2. The Morgan fingerprint density at radius 1 is 0.500 bits per heavy atom. The molecule has 2 rings (SSSR count). The van der Waals surface area contributed by atoms with Gasteiger partial charge < -0.3 is 0 Å². The Kier molecular flexibility index (Phi) is 42.2. The van der Waals surface area contributed by atoms with Crippen molar-refractivity contribution in [1.82, 2.24) is 0 Å². The van der Waals surface area contributed by atoms with Crippen molar-refractivity contribution in [3.63, 3.8) is 0 Å². The smallest absolute Gasteiger partial charge is 0 e. The summed E-state index contributed by atoms with van der Waals surface area (Å²) in [6.07, 6.45) is 0. The van der Waals surface area contributed by atoms with E-state index in [0.29, 0.717) is 0 Å². The standard InChI is InChI=1S/2C6H5.Ra.Rb.2Y/c2*1-2-4-6-5-3-1;;;;/h2*1-5H;;;;/q2*-1;;;;. The van der Waals surface area contributed by atoms with E-state index in [-0.39, 0.29) is 169 Å². The quantitative estimate of drug-likeness (QED) is 0.388. The summed E-state index contributed by atoms with van der Waals surface area (Å²) in [7, 11) is 0. The Labute approximate surface area is 234 Å². The molecule has 2 aromatic carbocycles. The van der Waals surface area contributed by atoms with Gasteiger partial charge in [-0.15, -0.1) is 0 Å². The van der Waals surface area contributed by atoms with E-state index in [1.165, 1.54) is 0 Å². The van der Waals surface area contributed by atoms with Gasteiger partial charge in [0.25, 0.3) is 0 Å². The van der Waals surface area contributed by atoms with Crippen LogP contribution in [0.5, 0.6) is 0 Å². The molecule has 0 amide bonds. The molecule has 0 nitrogen and oxygen atoms in total. The third-order valence-electron chi connectivity index (χ3n) is 1.21. The molecule has 2 aromatic rings. The molecule has 0 spiro atoms. The summed E-state index contributed by atoms with van der Waals surface area (Å²) in [4.78, 5) is 0. The molecule has 4 heteroatoms. The fourth-order valence-corrected chi connectivity index (χ4v) is 0.684. The van der Waals surface area contributed by atoms with Crippen molar-refractivity contribution in [2.45, 2.75) is 0 Å². The van der Waals surface area contributed by atoms with Gasteiger partial charge in [0.15, 0.2) is 0 Å². The van der Waals surface area contributed by atoms with Gasteiger partial charge in [0.2, 0.25) is 0 Å². The molecule has 0 heterocycles. The van der Waals surface area contributed by atoms with Crippen LogP contribution in [-0.2, 0) is 65.4 Å². The predicted molar refractivity (Wildman–Crippen MR) is 56.3 cm³/mol. The van der Waals surface area contributed by atoms with Crippen LogP contribution in [0.25, 0.3) is 0 Å². The third-order valence-corrected chi connectivity index (χ3v) is 1.21. The normalized spacial score (nSPS) is 6.00. The molecule has 0 aliphatic heterocycles. The van der Waals surface area contributed by atoms with Gasteiger partial charge in [0.05, 0.1) is 0 Å². The second-order valence-corrected chi connectivity index (χ2v) is 2.15. The van der Waals surface area contributed by atoms with Crippen LogP contribution in [0.4, 0.5) is 0 Å². The second kappa shape index (κ2) is 24.0. The Morgan fingerprint density at radius 2 is 0.750 bits per heavy atom. The van der Waals surface area contributed by atoms with E-state index >= 15 is 0 Å². The van der Waals surface area contributed by atoms with E-state index in [1.54, 1.807) is 0 Å². The third kappa shape index (κ3) is 20.2. The van der Waals surface area contributed by atoms with Crippen molar-refractivity contribution in [3.05, 3.63) is 72.8 Å². The summed E-state index contributed by atoms with van der Waals surface area (Å²) in [5.41, 5.74) is 0. The van der Waals surface area contributed by atoms with Crippen LogP contribution < -0.4 is 0 Å². The summed E-state index contributed by atoms with van der Waals surface area (Å²) in [6.45, 7) is 0. The van der Waals surface area contributed by atoms with Crippen molar-refractivity contribution >= 4 is 58.2 Å². The number of hydrogen-bond acceptors (Lipinski definition) is 0. The zero-order chi connectivity index (χ0) is 8.49. The summed E-state index contributed by atoms with van der Waals surface area (Å²) in [6, 6.07) is 25.0. The first-order valence-electron chi connectivity index (χ1n) is 3.82. The zero-order valence-electron chi connectivity index (χ0n) is 9.64. The number of rotatable bonds is 0. The minimum Gasteiger partial charge on any atom is -0.184 e. The van der Waals surface area contributed by atoms with Crippen LogP contribution >= 0.6 is 0 Å². The molecular weight excluding hydrogens is 633 g/mol. The number of benzene rings is 2. The van der Waals surface area contributed by atoms with Crippen molar-refractivity contribution in [1.29, 1.82) is 0 Å². The molecule has 16 heavy (non-hydrogen) atoms. The van der Waals surface area contributed by atoms with Gasteiger partial charge in [-0.3, -0.25) is 0 Å². The molecule has 0 bridgehead atoms. The van der Waals surface area contributed by atoms with Crippen molar-refractivity contribution in [2.24, 2.45) is 0 Å². The molecule has 0 aromatic heterocycles. The molecule has 0 saturated carbocycles. The molecule has 0 fully saturated rings. The van der Waals surface area contributed by atoms with E-state index < -0.39 is 0 Å². The Hall–Kier alpha value is 3.92. The van der Waals surface area contributed by atoms with Gasteiger partial charge in [-0.1, -0.05) is 0 Å². The fourth-order valence-electron chi connectivity index (χ4n) is 0.684. The Bertz CT molecular complexity index is 194. The van der Waals surface area contributed by atoms with Crippen LogP contribution in [0, 0.1) is 57.1 Å². The summed E-state index contributed by atoms with van der Waals surface area (Å²) < 4.78 is 0. The minimum atomic E-state index is 0. The topological polar surface area (TPSA) is 0 Å². The first-order valence-corrected chi connectivity index (χ1v) is 3.82. The first-order chi connectivity index (χ1) is 6.00. The Balaban J connectivity index is -0.0000000720. The van der Waals surface area contributed by atoms with Crippen molar-refractivity contribution in [3.8, 4) is 0 Å². The SMILES string of the molecule is [Ra].[Rb].[Y].[Y].[c-]1ccccc1.[c-]1ccccc1. The largest absolute Gasteiger partial charge is 0.184 e. The van der Waals surface area contributed by atoms with Crippen LogP contribution in [0.1, 0.15) is 0 Å². The van der Waals surface area contributed by atoms with Gasteiger partial charge in [-0.2, -0.15) is 72.8 Å². The monoisotopic (exact) mass is 643 g/mol. The van der Waals surface area contributed by atoms with Crippen LogP contribution in [0.15, 0.2) is 60.7 Å². The molecule has 0 unspecified atom stereocenters. The molecule has 5 radical (unpaired) electrons. The molecule has 69 valence electrons. The minimum absolute atomic E-state index is 0. The summed E-state index contributed by atoms with van der Waals surface area (Å²) in [5, 5.41) is 0. The Morgan fingerprint density at radius 3 is 0.812 bits per heavy atom. The molecule has 0 saturated heterocycles. The van der Waals surface area contributed by atoms with Gasteiger partial charge in [0, 0.05) is 169 Å². The fraction of sp³-hybridized carbons (Fsp3) is 0. The maximum absolute atomic E-state index is 2.89. The maximum atomic E-state index is 2.89. The summed E-state index contributed by atoms with van der Waals surface area (Å²) >= 11 is 0. The number of hydrogen-bond donors (Lipinski definition) is 0. The molecule has 0 atom stereocenters. The van der Waals surface area contributed by atoms with E-state index in [0.717, 1.165) is 0 Å². The first kappa shape index (κ1) is 28.1. The average molecular weight is 643 g/mol. The molecule has 0 aliphatic carbocycles. The molecule has 0 aliphatic rings. The zero-order valence-corrected chi connectivity index (χ0v) is 26.0. The van der Waals surface area contributed by atoms with Crippen LogP contribution in [0.3, 0.4) is 0 Å². The maximum Gasteiger partial charge on any atom is 0 e. The van der Waals surface area contributed by atoms with E-state index in [1.807, 2.05) is 60.7 Å². The van der Waals surface area contributed by atoms with E-state index in [2.05, 4.69) is 12.1 Å². The van der Waals surface area contributed by atoms with E-state index in [4.69, 9.17) is 0 Å². The van der Waals surface area contributed by atoms with Gasteiger partial charge in [-0.25, -0.2) is 0 Å². The predicted octanol–water partition coefficient (Wildman–Crippen LogP) is 2.59. The van der Waals surface area contributed by atoms with Gasteiger partial charge >= 0.3 is 0 Å².